The van der Waals surface area contributed by atoms with Crippen LogP contribution in [0.1, 0.15) is 21.5 Å². The van der Waals surface area contributed by atoms with Crippen LogP contribution in [0.15, 0.2) is 42.5 Å². The summed E-state index contributed by atoms with van der Waals surface area (Å²) < 4.78 is 21.9. The van der Waals surface area contributed by atoms with Gasteiger partial charge in [-0.15, -0.1) is 0 Å². The summed E-state index contributed by atoms with van der Waals surface area (Å²) in [6, 6.07) is 12.3. The Morgan fingerprint density at radius 3 is 2.59 bits per heavy atom. The second-order valence-corrected chi connectivity index (χ2v) is 6.40. The summed E-state index contributed by atoms with van der Waals surface area (Å²) >= 11 is 0. The van der Waals surface area contributed by atoms with E-state index in [9.17, 15) is 9.00 Å². The lowest BCUT2D eigenvalue weighted by molar-refractivity contribution is 0.0729. The van der Waals surface area contributed by atoms with Crippen molar-refractivity contribution in [1.82, 2.24) is 0 Å². The first-order chi connectivity index (χ1) is 10.5. The summed E-state index contributed by atoms with van der Waals surface area (Å²) in [6.07, 6.45) is 1.63. The monoisotopic (exact) mass is 318 g/mol. The number of methoxy groups -OCH3 is 1. The fourth-order valence-electron chi connectivity index (χ4n) is 2.04. The summed E-state index contributed by atoms with van der Waals surface area (Å²) in [5.41, 5.74) is 2.28. The minimum atomic E-state index is -0.956. The minimum Gasteiger partial charge on any atom is -0.493 e. The van der Waals surface area contributed by atoms with Gasteiger partial charge in [0.25, 0.3) is 0 Å². The van der Waals surface area contributed by atoms with Crippen LogP contribution in [0.4, 0.5) is 0 Å². The van der Waals surface area contributed by atoms with Crippen LogP contribution in [0, 0.1) is 6.92 Å². The Balaban J connectivity index is 2.20. The Kier molecular flexibility index (Phi) is 5.33. The zero-order valence-electron chi connectivity index (χ0n) is 12.8. The molecule has 1 atom stereocenters. The smallest absolute Gasteiger partial charge is 0.343 e. The predicted octanol–water partition coefficient (Wildman–Crippen LogP) is 3.10. The van der Waals surface area contributed by atoms with Gasteiger partial charge in [0.15, 0.2) is 11.5 Å². The summed E-state index contributed by atoms with van der Waals surface area (Å²) in [5, 5.41) is 0. The van der Waals surface area contributed by atoms with Crippen molar-refractivity contribution in [2.45, 2.75) is 12.7 Å². The molecule has 0 heterocycles. The molecule has 0 aliphatic heterocycles. The molecule has 0 aliphatic carbocycles. The van der Waals surface area contributed by atoms with Crippen LogP contribution in [0.25, 0.3) is 0 Å². The molecule has 0 radical (unpaired) electrons. The molecule has 5 heteroatoms. The molecule has 0 saturated heterocycles. The number of carbonyl (C=O) groups excluding carboxylic acids is 1. The summed E-state index contributed by atoms with van der Waals surface area (Å²) in [7, 11) is 0.575. The van der Waals surface area contributed by atoms with E-state index in [4.69, 9.17) is 9.47 Å². The van der Waals surface area contributed by atoms with Crippen molar-refractivity contribution >= 4 is 16.8 Å². The van der Waals surface area contributed by atoms with Gasteiger partial charge < -0.3 is 9.47 Å². The van der Waals surface area contributed by atoms with Crippen molar-refractivity contribution in [2.75, 3.05) is 13.4 Å². The first kappa shape index (κ1) is 16.2. The van der Waals surface area contributed by atoms with E-state index in [-0.39, 0.29) is 0 Å². The van der Waals surface area contributed by atoms with E-state index in [1.54, 1.807) is 36.6 Å². The molecule has 0 saturated carbocycles. The third-order valence-electron chi connectivity index (χ3n) is 3.05. The maximum Gasteiger partial charge on any atom is 0.343 e. The second kappa shape index (κ2) is 7.22. The quantitative estimate of drug-likeness (QED) is 0.628. The standard InChI is InChI=1S/C17H18O4S/c1-12-7-8-15(16(9-12)20-2)21-17(18)14-6-4-5-13(10-14)11-22(3)19/h4-10H,11H2,1-3H3. The van der Waals surface area contributed by atoms with Crippen LogP contribution in [-0.4, -0.2) is 23.5 Å². The molecular formula is C17H18O4S. The normalized spacial score (nSPS) is 11.8. The Morgan fingerprint density at radius 1 is 1.14 bits per heavy atom. The molecule has 2 aromatic carbocycles. The molecule has 0 spiro atoms. The van der Waals surface area contributed by atoms with Crippen molar-refractivity contribution < 1.29 is 18.5 Å². The number of aryl methyl sites for hydroxylation is 1. The second-order valence-electron chi connectivity index (χ2n) is 4.96. The molecule has 0 aromatic heterocycles. The molecule has 0 amide bonds. The lowest BCUT2D eigenvalue weighted by atomic mass is 10.1. The van der Waals surface area contributed by atoms with Gasteiger partial charge >= 0.3 is 5.97 Å². The lowest BCUT2D eigenvalue weighted by Crippen LogP contribution is -2.10. The van der Waals surface area contributed by atoms with E-state index < -0.39 is 16.8 Å². The van der Waals surface area contributed by atoms with Crippen molar-refractivity contribution in [3.63, 3.8) is 0 Å². The molecule has 4 nitrogen and oxygen atoms in total. The third-order valence-corrected chi connectivity index (χ3v) is 3.79. The Labute approximate surface area is 132 Å². The van der Waals surface area contributed by atoms with Gasteiger partial charge in [-0.1, -0.05) is 18.2 Å². The zero-order valence-corrected chi connectivity index (χ0v) is 13.6. The first-order valence-electron chi connectivity index (χ1n) is 6.75. The molecule has 2 rings (SSSR count). The Hall–Kier alpha value is -2.14. The van der Waals surface area contributed by atoms with E-state index in [2.05, 4.69) is 0 Å². The van der Waals surface area contributed by atoms with E-state index in [1.165, 1.54) is 7.11 Å². The highest BCUT2D eigenvalue weighted by atomic mass is 32.2. The number of benzene rings is 2. The van der Waals surface area contributed by atoms with Crippen LogP contribution in [0.5, 0.6) is 11.5 Å². The average Bonchev–Trinajstić information content (AvgIpc) is 2.48. The molecule has 0 N–H and O–H groups in total. The number of hydrogen-bond donors (Lipinski definition) is 0. The van der Waals surface area contributed by atoms with Gasteiger partial charge in [0, 0.05) is 22.8 Å². The molecule has 2 aromatic rings. The molecule has 0 fully saturated rings. The van der Waals surface area contributed by atoms with Crippen LogP contribution in [0.2, 0.25) is 0 Å². The molecular weight excluding hydrogens is 300 g/mol. The molecule has 0 aliphatic rings. The number of carbonyl (C=O) groups is 1. The fourth-order valence-corrected chi connectivity index (χ4v) is 2.69. The van der Waals surface area contributed by atoms with Crippen molar-refractivity contribution in [1.29, 1.82) is 0 Å². The van der Waals surface area contributed by atoms with Gasteiger partial charge in [-0.05, 0) is 42.3 Å². The van der Waals surface area contributed by atoms with E-state index >= 15 is 0 Å². The maximum atomic E-state index is 12.3. The van der Waals surface area contributed by atoms with Crippen LogP contribution < -0.4 is 9.47 Å². The number of hydrogen-bond acceptors (Lipinski definition) is 4. The zero-order chi connectivity index (χ0) is 16.1. The van der Waals surface area contributed by atoms with Crippen molar-refractivity contribution in [3.8, 4) is 11.5 Å². The molecule has 1 unspecified atom stereocenters. The highest BCUT2D eigenvalue weighted by Crippen LogP contribution is 2.28. The Bertz CT molecular complexity index is 710. The van der Waals surface area contributed by atoms with Gasteiger partial charge in [0.1, 0.15) is 0 Å². The van der Waals surface area contributed by atoms with Crippen LogP contribution >= 0.6 is 0 Å². The highest BCUT2D eigenvalue weighted by Gasteiger charge is 2.13. The van der Waals surface area contributed by atoms with Gasteiger partial charge in [0.2, 0.25) is 0 Å². The van der Waals surface area contributed by atoms with Gasteiger partial charge in [0.05, 0.1) is 12.7 Å². The summed E-state index contributed by atoms with van der Waals surface area (Å²) in [6.45, 7) is 1.93. The van der Waals surface area contributed by atoms with E-state index in [0.717, 1.165) is 11.1 Å². The molecule has 0 bridgehead atoms. The fraction of sp³-hybridized carbons (Fsp3) is 0.235. The van der Waals surface area contributed by atoms with Gasteiger partial charge in [-0.25, -0.2) is 4.79 Å². The summed E-state index contributed by atoms with van der Waals surface area (Å²) in [4.78, 5) is 12.3. The van der Waals surface area contributed by atoms with Crippen molar-refractivity contribution in [2.24, 2.45) is 0 Å². The lowest BCUT2D eigenvalue weighted by Gasteiger charge is -2.10. The minimum absolute atomic E-state index is 0.377. The first-order valence-corrected chi connectivity index (χ1v) is 8.48. The Morgan fingerprint density at radius 2 is 1.91 bits per heavy atom. The SMILES string of the molecule is COc1cc(C)ccc1OC(=O)c1cccc(CS(C)=O)c1. The van der Waals surface area contributed by atoms with Crippen LogP contribution in [0.3, 0.4) is 0 Å². The van der Waals surface area contributed by atoms with Crippen molar-refractivity contribution in [3.05, 3.63) is 59.2 Å². The highest BCUT2D eigenvalue weighted by molar-refractivity contribution is 7.83. The van der Waals surface area contributed by atoms with Gasteiger partial charge in [-0.3, -0.25) is 4.21 Å². The molecule has 22 heavy (non-hydrogen) atoms. The van der Waals surface area contributed by atoms with Crippen LogP contribution in [-0.2, 0) is 16.6 Å². The topological polar surface area (TPSA) is 52.6 Å². The molecule has 116 valence electrons. The number of rotatable bonds is 5. The van der Waals surface area contributed by atoms with E-state index in [1.807, 2.05) is 19.1 Å². The maximum absolute atomic E-state index is 12.3. The average molecular weight is 318 g/mol. The van der Waals surface area contributed by atoms with E-state index in [0.29, 0.717) is 22.8 Å². The number of esters is 1. The van der Waals surface area contributed by atoms with Gasteiger partial charge in [-0.2, -0.15) is 0 Å². The summed E-state index contributed by atoms with van der Waals surface area (Å²) in [5.74, 6) is 0.835. The predicted molar refractivity (Wildman–Crippen MR) is 86.9 cm³/mol. The third kappa shape index (κ3) is 4.18. The number of ether oxygens (including phenoxy) is 2. The largest absolute Gasteiger partial charge is 0.493 e.